The number of alkyl halides is 1. The molecule has 0 amide bonds. The Balaban J connectivity index is 1.89. The number of unbranched alkanes of at least 4 members (excludes halogenated alkanes) is 2. The second-order valence-electron chi connectivity index (χ2n) is 7.55. The van der Waals surface area contributed by atoms with Crippen LogP contribution in [0.4, 0.5) is 0 Å². The topological polar surface area (TPSA) is 36.9 Å². The lowest BCUT2D eigenvalue weighted by Crippen LogP contribution is -2.18. The minimum absolute atomic E-state index is 0.112. The van der Waals surface area contributed by atoms with Crippen molar-refractivity contribution >= 4 is 22.4 Å². The van der Waals surface area contributed by atoms with E-state index in [4.69, 9.17) is 30.5 Å². The van der Waals surface area contributed by atoms with Gasteiger partial charge in [-0.2, -0.15) is 0 Å². The molecular formula is C24H33ClO4. The van der Waals surface area contributed by atoms with Crippen molar-refractivity contribution in [2.45, 2.75) is 64.2 Å². The van der Waals surface area contributed by atoms with Gasteiger partial charge < -0.3 is 18.9 Å². The van der Waals surface area contributed by atoms with E-state index >= 15 is 0 Å². The first-order chi connectivity index (χ1) is 14.3. The van der Waals surface area contributed by atoms with Gasteiger partial charge in [0.1, 0.15) is 11.5 Å². The Hall–Kier alpha value is -1.49. The minimum Gasteiger partial charge on any atom is -0.467 e. The second-order valence-corrected chi connectivity index (χ2v) is 8.17. The van der Waals surface area contributed by atoms with E-state index in [0.717, 1.165) is 79.4 Å². The number of halogens is 1. The average molecular weight is 421 g/mol. The Morgan fingerprint density at radius 1 is 0.862 bits per heavy atom. The van der Waals surface area contributed by atoms with Crippen LogP contribution in [0.2, 0.25) is 0 Å². The first-order valence-electron chi connectivity index (χ1n) is 10.9. The van der Waals surface area contributed by atoms with Crippen LogP contribution in [-0.4, -0.2) is 32.2 Å². The SMILES string of the molecule is CCCCOCOc1c2c(c(OCOCCCC)c3ccccc13)CC(Cl)CC2. The summed E-state index contributed by atoms with van der Waals surface area (Å²) in [7, 11) is 0. The van der Waals surface area contributed by atoms with Gasteiger partial charge in [0.05, 0.1) is 13.2 Å². The van der Waals surface area contributed by atoms with Gasteiger partial charge in [0.25, 0.3) is 0 Å². The predicted octanol–water partition coefficient (Wildman–Crippen LogP) is 6.24. The average Bonchev–Trinajstić information content (AvgIpc) is 2.74. The highest BCUT2D eigenvalue weighted by Gasteiger charge is 2.27. The van der Waals surface area contributed by atoms with Crippen molar-refractivity contribution in [2.75, 3.05) is 26.8 Å². The summed E-state index contributed by atoms with van der Waals surface area (Å²) in [4.78, 5) is 0. The van der Waals surface area contributed by atoms with E-state index in [0.29, 0.717) is 6.61 Å². The molecule has 3 rings (SSSR count). The van der Waals surface area contributed by atoms with Crippen molar-refractivity contribution in [1.82, 2.24) is 0 Å². The first kappa shape index (κ1) is 22.2. The van der Waals surface area contributed by atoms with Crippen molar-refractivity contribution in [1.29, 1.82) is 0 Å². The fourth-order valence-electron chi connectivity index (χ4n) is 3.72. The fraction of sp³-hybridized carbons (Fsp3) is 0.583. The molecule has 29 heavy (non-hydrogen) atoms. The van der Waals surface area contributed by atoms with Gasteiger partial charge in [0, 0.05) is 27.3 Å². The molecule has 2 aromatic rings. The van der Waals surface area contributed by atoms with E-state index in [1.807, 2.05) is 12.1 Å². The number of rotatable bonds is 12. The van der Waals surface area contributed by atoms with Gasteiger partial charge in [-0.3, -0.25) is 0 Å². The van der Waals surface area contributed by atoms with Crippen LogP contribution in [0.5, 0.6) is 11.5 Å². The molecule has 0 heterocycles. The van der Waals surface area contributed by atoms with E-state index in [1.165, 1.54) is 5.56 Å². The molecule has 0 aliphatic heterocycles. The molecule has 0 N–H and O–H groups in total. The van der Waals surface area contributed by atoms with Crippen molar-refractivity contribution in [3.05, 3.63) is 35.4 Å². The highest BCUT2D eigenvalue weighted by molar-refractivity contribution is 6.21. The number of ether oxygens (including phenoxy) is 4. The highest BCUT2D eigenvalue weighted by atomic mass is 35.5. The standard InChI is InChI=1S/C24H33ClO4/c1-3-5-13-26-16-28-23-19-9-7-8-10-20(19)24(29-17-27-14-6-4-2)22-15-18(25)11-12-21(22)23/h7-10,18H,3-6,11-17H2,1-2H3. The summed E-state index contributed by atoms with van der Waals surface area (Å²) in [5, 5.41) is 2.21. The molecular weight excluding hydrogens is 388 g/mol. The number of hydrogen-bond donors (Lipinski definition) is 0. The molecule has 0 saturated heterocycles. The van der Waals surface area contributed by atoms with Gasteiger partial charge in [-0.1, -0.05) is 51.0 Å². The van der Waals surface area contributed by atoms with Crippen LogP contribution in [0.1, 0.15) is 57.1 Å². The van der Waals surface area contributed by atoms with Crippen LogP contribution in [0, 0.1) is 0 Å². The van der Waals surface area contributed by atoms with Gasteiger partial charge >= 0.3 is 0 Å². The molecule has 5 heteroatoms. The van der Waals surface area contributed by atoms with Crippen molar-refractivity contribution < 1.29 is 18.9 Å². The number of hydrogen-bond acceptors (Lipinski definition) is 4. The van der Waals surface area contributed by atoms with E-state index in [1.54, 1.807) is 0 Å². The summed E-state index contributed by atoms with van der Waals surface area (Å²) < 4.78 is 23.7. The van der Waals surface area contributed by atoms with Gasteiger partial charge in [-0.05, 0) is 32.1 Å². The first-order valence-corrected chi connectivity index (χ1v) is 11.3. The zero-order valence-electron chi connectivity index (χ0n) is 17.7. The molecule has 1 unspecified atom stereocenters. The van der Waals surface area contributed by atoms with Crippen LogP contribution in [0.3, 0.4) is 0 Å². The molecule has 0 saturated carbocycles. The van der Waals surface area contributed by atoms with Crippen molar-refractivity contribution in [3.63, 3.8) is 0 Å². The largest absolute Gasteiger partial charge is 0.467 e. The smallest absolute Gasteiger partial charge is 0.189 e. The lowest BCUT2D eigenvalue weighted by Gasteiger charge is -2.27. The maximum Gasteiger partial charge on any atom is 0.189 e. The van der Waals surface area contributed by atoms with Crippen LogP contribution in [0.25, 0.3) is 10.8 Å². The summed E-state index contributed by atoms with van der Waals surface area (Å²) >= 11 is 6.53. The lowest BCUT2D eigenvalue weighted by molar-refractivity contribution is 0.0121. The fourth-order valence-corrected chi connectivity index (χ4v) is 3.99. The maximum absolute atomic E-state index is 6.53. The van der Waals surface area contributed by atoms with Crippen LogP contribution >= 0.6 is 11.6 Å². The third-order valence-corrected chi connectivity index (χ3v) is 5.69. The van der Waals surface area contributed by atoms with E-state index in [9.17, 15) is 0 Å². The Kier molecular flexibility index (Phi) is 8.91. The predicted molar refractivity (Wildman–Crippen MR) is 118 cm³/mol. The Morgan fingerprint density at radius 3 is 1.97 bits per heavy atom. The number of fused-ring (bicyclic) bond motifs is 2. The molecule has 2 aromatic carbocycles. The Bertz CT molecular complexity index is 777. The van der Waals surface area contributed by atoms with Crippen molar-refractivity contribution in [2.24, 2.45) is 0 Å². The monoisotopic (exact) mass is 420 g/mol. The zero-order valence-corrected chi connectivity index (χ0v) is 18.4. The summed E-state index contributed by atoms with van der Waals surface area (Å²) in [6.07, 6.45) is 6.90. The van der Waals surface area contributed by atoms with Crippen molar-refractivity contribution in [3.8, 4) is 11.5 Å². The van der Waals surface area contributed by atoms with E-state index in [-0.39, 0.29) is 19.0 Å². The molecule has 0 bridgehead atoms. The number of benzene rings is 2. The normalized spacial score (nSPS) is 16.0. The summed E-state index contributed by atoms with van der Waals surface area (Å²) in [5.41, 5.74) is 2.35. The quantitative estimate of drug-likeness (QED) is 0.231. The molecule has 4 nitrogen and oxygen atoms in total. The molecule has 1 atom stereocenters. The minimum atomic E-state index is 0.112. The summed E-state index contributed by atoms with van der Waals surface area (Å²) in [6.45, 7) is 6.26. The molecule has 0 aromatic heterocycles. The van der Waals surface area contributed by atoms with Crippen LogP contribution in [-0.2, 0) is 22.3 Å². The summed E-state index contributed by atoms with van der Waals surface area (Å²) in [5.74, 6) is 1.80. The molecule has 0 spiro atoms. The molecule has 160 valence electrons. The van der Waals surface area contributed by atoms with Gasteiger partial charge in [-0.15, -0.1) is 11.6 Å². The molecule has 1 aliphatic rings. The second kappa shape index (κ2) is 11.6. The molecule has 1 aliphatic carbocycles. The van der Waals surface area contributed by atoms with Gasteiger partial charge in [0.15, 0.2) is 13.6 Å². The van der Waals surface area contributed by atoms with Gasteiger partial charge in [0.2, 0.25) is 0 Å². The third-order valence-electron chi connectivity index (χ3n) is 5.32. The van der Waals surface area contributed by atoms with E-state index < -0.39 is 0 Å². The molecule has 0 fully saturated rings. The van der Waals surface area contributed by atoms with Gasteiger partial charge in [-0.25, -0.2) is 0 Å². The Labute approximate surface area is 179 Å². The molecule has 0 radical (unpaired) electrons. The maximum atomic E-state index is 6.53. The Morgan fingerprint density at radius 2 is 1.41 bits per heavy atom. The highest BCUT2D eigenvalue weighted by Crippen LogP contribution is 2.45. The van der Waals surface area contributed by atoms with E-state index in [2.05, 4.69) is 26.0 Å². The zero-order chi connectivity index (χ0) is 20.5. The van der Waals surface area contributed by atoms with Crippen LogP contribution in [0.15, 0.2) is 24.3 Å². The van der Waals surface area contributed by atoms with Crippen LogP contribution < -0.4 is 9.47 Å². The third kappa shape index (κ3) is 5.78. The summed E-state index contributed by atoms with van der Waals surface area (Å²) in [6, 6.07) is 8.24. The lowest BCUT2D eigenvalue weighted by atomic mass is 9.87.